The van der Waals surface area contributed by atoms with Crippen molar-refractivity contribution in [1.82, 2.24) is 0 Å². The molecule has 17 heavy (non-hydrogen) atoms. The van der Waals surface area contributed by atoms with Crippen molar-refractivity contribution in [3.05, 3.63) is 53.0 Å². The number of rotatable bonds is 2. The van der Waals surface area contributed by atoms with E-state index < -0.39 is 0 Å². The van der Waals surface area contributed by atoms with E-state index in [0.29, 0.717) is 10.0 Å². The Kier molecular flexibility index (Phi) is 4.55. The first-order valence-electron chi connectivity index (χ1n) is 4.65. The number of hydrogen-bond acceptors (Lipinski definition) is 2. The van der Waals surface area contributed by atoms with E-state index >= 15 is 0 Å². The average molecular weight is 416 g/mol. The van der Waals surface area contributed by atoms with Crippen molar-refractivity contribution in [2.24, 2.45) is 5.73 Å². The van der Waals surface area contributed by atoms with Crippen molar-refractivity contribution in [2.75, 3.05) is 0 Å². The van der Waals surface area contributed by atoms with E-state index in [-0.39, 0.29) is 6.04 Å². The summed E-state index contributed by atoms with van der Waals surface area (Å²) in [5.74, 6) is 0. The van der Waals surface area contributed by atoms with Gasteiger partial charge in [0.15, 0.2) is 0 Å². The maximum atomic E-state index is 6.22. The fraction of sp³-hybridized carbons (Fsp3) is 0.0909. The summed E-state index contributed by atoms with van der Waals surface area (Å²) in [6.07, 6.45) is 0. The highest BCUT2D eigenvalue weighted by molar-refractivity contribution is 9.11. The van der Waals surface area contributed by atoms with E-state index in [1.54, 1.807) is 0 Å². The molecule has 0 saturated carbocycles. The summed E-state index contributed by atoms with van der Waals surface area (Å²) in [5, 5.41) is 1.31. The minimum absolute atomic E-state index is 0.270. The van der Waals surface area contributed by atoms with Gasteiger partial charge >= 0.3 is 0 Å². The second kappa shape index (κ2) is 5.59. The predicted molar refractivity (Wildman–Crippen MR) is 82.2 cm³/mol. The van der Waals surface area contributed by atoms with Gasteiger partial charge < -0.3 is 5.73 Å². The summed E-state index contributed by atoms with van der Waals surface area (Å²) in [6, 6.07) is 7.30. The molecule has 1 atom stereocenters. The molecule has 0 aliphatic rings. The van der Waals surface area contributed by atoms with Crippen molar-refractivity contribution in [2.45, 2.75) is 6.04 Å². The van der Waals surface area contributed by atoms with E-state index in [2.05, 4.69) is 31.9 Å². The lowest BCUT2D eigenvalue weighted by atomic mass is 10.1. The van der Waals surface area contributed by atoms with Gasteiger partial charge in [0.1, 0.15) is 0 Å². The van der Waals surface area contributed by atoms with Crippen molar-refractivity contribution < 1.29 is 0 Å². The molecule has 2 aromatic rings. The minimum Gasteiger partial charge on any atom is -0.320 e. The van der Waals surface area contributed by atoms with Crippen molar-refractivity contribution in [1.29, 1.82) is 0 Å². The van der Waals surface area contributed by atoms with Crippen molar-refractivity contribution >= 4 is 66.4 Å². The topological polar surface area (TPSA) is 26.0 Å². The molecule has 1 aromatic carbocycles. The molecule has 0 aliphatic heterocycles. The average Bonchev–Trinajstić information content (AvgIpc) is 2.62. The monoisotopic (exact) mass is 413 g/mol. The van der Waals surface area contributed by atoms with Crippen LogP contribution in [0.15, 0.2) is 32.5 Å². The molecule has 1 aromatic heterocycles. The van der Waals surface area contributed by atoms with Crippen LogP contribution in [0.2, 0.25) is 10.0 Å². The molecule has 1 heterocycles. The lowest BCUT2D eigenvalue weighted by Gasteiger charge is -2.12. The van der Waals surface area contributed by atoms with Gasteiger partial charge in [-0.2, -0.15) is 0 Å². The fourth-order valence-corrected chi connectivity index (χ4v) is 3.82. The van der Waals surface area contributed by atoms with Crippen LogP contribution in [0.5, 0.6) is 0 Å². The van der Waals surface area contributed by atoms with Gasteiger partial charge in [0, 0.05) is 9.35 Å². The minimum atomic E-state index is -0.270. The van der Waals surface area contributed by atoms with Crippen LogP contribution in [-0.2, 0) is 0 Å². The van der Waals surface area contributed by atoms with Gasteiger partial charge in [-0.05, 0) is 49.6 Å². The molecule has 90 valence electrons. The normalized spacial score (nSPS) is 12.8. The summed E-state index contributed by atoms with van der Waals surface area (Å²) in [4.78, 5) is 0.974. The Balaban J connectivity index is 2.43. The molecule has 2 N–H and O–H groups in total. The lowest BCUT2D eigenvalue weighted by molar-refractivity contribution is 0.893. The van der Waals surface area contributed by atoms with Crippen LogP contribution in [0.25, 0.3) is 0 Å². The maximum absolute atomic E-state index is 6.22. The van der Waals surface area contributed by atoms with Crippen LogP contribution in [-0.4, -0.2) is 0 Å². The van der Waals surface area contributed by atoms with E-state index in [9.17, 15) is 0 Å². The summed E-state index contributed by atoms with van der Waals surface area (Å²) >= 11 is 20.5. The van der Waals surface area contributed by atoms with E-state index in [0.717, 1.165) is 18.7 Å². The van der Waals surface area contributed by atoms with Gasteiger partial charge in [-0.15, -0.1) is 11.3 Å². The maximum Gasteiger partial charge on any atom is 0.0888 e. The molecule has 0 saturated heterocycles. The third kappa shape index (κ3) is 2.88. The van der Waals surface area contributed by atoms with E-state index in [1.807, 2.05) is 24.3 Å². The molecule has 0 bridgehead atoms. The molecule has 1 nitrogen and oxygen atoms in total. The number of halogens is 4. The number of nitrogens with two attached hydrogens (primary N) is 1. The summed E-state index contributed by atoms with van der Waals surface area (Å²) < 4.78 is 1.73. The van der Waals surface area contributed by atoms with Crippen LogP contribution in [0, 0.1) is 0 Å². The highest BCUT2D eigenvalue weighted by Gasteiger charge is 2.17. The Morgan fingerprint density at radius 1 is 1.24 bits per heavy atom. The first-order chi connectivity index (χ1) is 8.00. The molecule has 0 aliphatic carbocycles. The summed E-state index contributed by atoms with van der Waals surface area (Å²) in [7, 11) is 0. The molecule has 2 rings (SSSR count). The molecule has 0 amide bonds. The second-order valence-corrected chi connectivity index (χ2v) is 7.43. The first-order valence-corrected chi connectivity index (χ1v) is 7.80. The van der Waals surface area contributed by atoms with Gasteiger partial charge in [0.2, 0.25) is 0 Å². The van der Waals surface area contributed by atoms with E-state index in [4.69, 9.17) is 28.9 Å². The highest BCUT2D eigenvalue weighted by atomic mass is 79.9. The summed E-state index contributed by atoms with van der Waals surface area (Å²) in [5.41, 5.74) is 7.07. The second-order valence-electron chi connectivity index (χ2n) is 3.39. The largest absolute Gasteiger partial charge is 0.320 e. The molecule has 6 heteroatoms. The zero-order valence-electron chi connectivity index (χ0n) is 8.38. The predicted octanol–water partition coefficient (Wildman–Crippen LogP) is 5.63. The van der Waals surface area contributed by atoms with Crippen molar-refractivity contribution in [3.8, 4) is 0 Å². The molecular weight excluding hydrogens is 409 g/mol. The molecule has 1 unspecified atom stereocenters. The Morgan fingerprint density at radius 3 is 2.53 bits per heavy atom. The van der Waals surface area contributed by atoms with Gasteiger partial charge in [-0.1, -0.05) is 35.3 Å². The molecule has 0 spiro atoms. The Labute approximate surface area is 130 Å². The standard InChI is InChI=1S/C11H7Br2Cl2NS/c12-6-3-1-2-5(9(6)15)10(16)8-4-7(14)11(13)17-8/h1-4,10H,16H2. The van der Waals surface area contributed by atoms with E-state index in [1.165, 1.54) is 11.3 Å². The molecular formula is C11H7Br2Cl2NS. The zero-order valence-corrected chi connectivity index (χ0v) is 13.9. The van der Waals surface area contributed by atoms with Crippen LogP contribution < -0.4 is 5.73 Å². The molecule has 0 radical (unpaired) electrons. The first kappa shape index (κ1) is 13.8. The SMILES string of the molecule is NC(c1cc(Cl)c(Br)s1)c1cccc(Br)c1Cl. The number of benzene rings is 1. The summed E-state index contributed by atoms with van der Waals surface area (Å²) in [6.45, 7) is 0. The smallest absolute Gasteiger partial charge is 0.0888 e. The van der Waals surface area contributed by atoms with Crippen LogP contribution in [0.1, 0.15) is 16.5 Å². The van der Waals surface area contributed by atoms with Gasteiger partial charge in [0.05, 0.1) is 19.9 Å². The van der Waals surface area contributed by atoms with Crippen molar-refractivity contribution in [3.63, 3.8) is 0 Å². The third-order valence-electron chi connectivity index (χ3n) is 2.29. The Hall–Kier alpha value is 0.420. The van der Waals surface area contributed by atoms with Gasteiger partial charge in [0.25, 0.3) is 0 Å². The van der Waals surface area contributed by atoms with Crippen LogP contribution >= 0.6 is 66.4 Å². The third-order valence-corrected chi connectivity index (χ3v) is 6.16. The van der Waals surface area contributed by atoms with Crippen LogP contribution in [0.4, 0.5) is 0 Å². The van der Waals surface area contributed by atoms with Crippen LogP contribution in [0.3, 0.4) is 0 Å². The Morgan fingerprint density at radius 2 is 1.94 bits per heavy atom. The Bertz CT molecular complexity index is 537. The van der Waals surface area contributed by atoms with Gasteiger partial charge in [-0.3, -0.25) is 0 Å². The quantitative estimate of drug-likeness (QED) is 0.676. The van der Waals surface area contributed by atoms with Gasteiger partial charge in [-0.25, -0.2) is 0 Å². The lowest BCUT2D eigenvalue weighted by Crippen LogP contribution is -2.10. The highest BCUT2D eigenvalue weighted by Crippen LogP contribution is 2.39. The zero-order chi connectivity index (χ0) is 12.6. The number of thiophene rings is 1. The number of hydrogen-bond donors (Lipinski definition) is 1. The fourth-order valence-electron chi connectivity index (χ4n) is 1.43. The molecule has 0 fully saturated rings.